The first kappa shape index (κ1) is 23.4. The summed E-state index contributed by atoms with van der Waals surface area (Å²) in [5.74, 6) is 0.525. The molecule has 1 saturated carbocycles. The van der Waals surface area contributed by atoms with Crippen LogP contribution in [0.25, 0.3) is 28.0 Å². The zero-order chi connectivity index (χ0) is 24.4. The number of H-pyrrole nitrogens is 1. The highest BCUT2D eigenvalue weighted by Gasteiger charge is 2.36. The second-order valence-corrected chi connectivity index (χ2v) is 8.51. The van der Waals surface area contributed by atoms with Crippen LogP contribution in [0.4, 0.5) is 4.39 Å². The molecular weight excluding hydrogens is 459 g/mol. The van der Waals surface area contributed by atoms with Crippen LogP contribution in [0.3, 0.4) is 0 Å². The number of aromatic amines is 1. The van der Waals surface area contributed by atoms with Crippen LogP contribution in [0.1, 0.15) is 24.7 Å². The molecule has 174 valence electrons. The molecule has 3 N–H and O–H groups in total. The molecule has 34 heavy (non-hydrogen) atoms. The van der Waals surface area contributed by atoms with Crippen molar-refractivity contribution in [2.75, 3.05) is 0 Å². The lowest BCUT2D eigenvalue weighted by atomic mass is 10.0. The number of allylic oxidation sites excluding steroid dienone is 3. The molecule has 10 heteroatoms. The number of fused-ring (bicyclic) bond motifs is 1. The Balaban J connectivity index is 1.83. The second-order valence-electron chi connectivity index (χ2n) is 8.07. The van der Waals surface area contributed by atoms with E-state index in [9.17, 15) is 14.4 Å². The minimum Gasteiger partial charge on any atom is -0.489 e. The maximum atomic E-state index is 12.9. The molecule has 2 heterocycles. The number of nitrogens with zero attached hydrogens (tertiary/aromatic N) is 4. The molecule has 2 aromatic heterocycles. The lowest BCUT2D eigenvalue weighted by Crippen LogP contribution is -2.13. The van der Waals surface area contributed by atoms with Crippen molar-refractivity contribution in [3.63, 3.8) is 0 Å². The molecule has 4 rings (SSSR count). The van der Waals surface area contributed by atoms with E-state index in [4.69, 9.17) is 22.1 Å². The molecule has 1 fully saturated rings. The molecule has 0 spiro atoms. The van der Waals surface area contributed by atoms with Crippen LogP contribution >= 0.6 is 11.6 Å². The van der Waals surface area contributed by atoms with Crippen LogP contribution in [0.2, 0.25) is 0 Å². The largest absolute Gasteiger partial charge is 0.489 e. The predicted octanol–water partition coefficient (Wildman–Crippen LogP) is 4.05. The number of aromatic nitrogens is 4. The molecular formula is C24H22ClFN6O2. The quantitative estimate of drug-likeness (QED) is 0.299. The maximum absolute atomic E-state index is 12.9. The summed E-state index contributed by atoms with van der Waals surface area (Å²) in [6.07, 6.45) is 5.60. The summed E-state index contributed by atoms with van der Waals surface area (Å²) in [6, 6.07) is 7.44. The average Bonchev–Trinajstić information content (AvgIpc) is 3.41. The Bertz CT molecular complexity index is 1450. The molecule has 0 radical (unpaired) electrons. The van der Waals surface area contributed by atoms with Gasteiger partial charge in [0.2, 0.25) is 0 Å². The van der Waals surface area contributed by atoms with Crippen molar-refractivity contribution in [3.8, 4) is 17.2 Å². The lowest BCUT2D eigenvalue weighted by Gasteiger charge is -2.11. The number of hydrogen-bond acceptors (Lipinski definition) is 6. The van der Waals surface area contributed by atoms with Crippen molar-refractivity contribution in [1.82, 2.24) is 20.0 Å². The molecule has 8 nitrogen and oxygen atoms in total. The van der Waals surface area contributed by atoms with Crippen molar-refractivity contribution in [2.24, 2.45) is 18.7 Å². The SMILES string of the molecule is C[C@H]1C[C@H]1OC(=C/C(Cl)=C/F)/C(C#N)=C/c1c(-c2ccc3c(=O)[nH]nc(CN)c3c2)cnn1C. The Morgan fingerprint density at radius 2 is 2.24 bits per heavy atom. The van der Waals surface area contributed by atoms with Gasteiger partial charge < -0.3 is 10.5 Å². The number of benzene rings is 1. The van der Waals surface area contributed by atoms with Gasteiger partial charge in [-0.05, 0) is 36.1 Å². The van der Waals surface area contributed by atoms with E-state index in [1.54, 1.807) is 36.1 Å². The van der Waals surface area contributed by atoms with Gasteiger partial charge in [-0.1, -0.05) is 24.6 Å². The van der Waals surface area contributed by atoms with Crippen molar-refractivity contribution in [1.29, 1.82) is 5.26 Å². The fourth-order valence-corrected chi connectivity index (χ4v) is 3.72. The van der Waals surface area contributed by atoms with E-state index in [1.807, 2.05) is 13.0 Å². The highest BCUT2D eigenvalue weighted by atomic mass is 35.5. The smallest absolute Gasteiger partial charge is 0.272 e. The standard InChI is InChI=1S/C24H22ClFN6O2/c1-13-5-22(13)34-23(8-16(25)9-26)15(10-27)7-21-19(12-29-32(21)2)14-3-4-17-18(6-14)20(11-28)30-31-24(17)33/h3-4,6-9,12-13,22H,5,11,28H2,1-2H3,(H,31,33)/b15-7+,16-9-,23-8+/t13-,22+/m0/s1. The molecule has 0 saturated heterocycles. The topological polar surface area (TPSA) is 123 Å². The zero-order valence-corrected chi connectivity index (χ0v) is 19.3. The average molecular weight is 481 g/mol. The Morgan fingerprint density at radius 1 is 1.47 bits per heavy atom. The van der Waals surface area contributed by atoms with Gasteiger partial charge in [0.15, 0.2) is 0 Å². The van der Waals surface area contributed by atoms with Crippen LogP contribution in [0, 0.1) is 17.2 Å². The number of nitriles is 1. The first-order valence-corrected chi connectivity index (χ1v) is 10.9. The minimum absolute atomic E-state index is 0.0566. The lowest BCUT2D eigenvalue weighted by molar-refractivity contribution is 0.195. The van der Waals surface area contributed by atoms with Crippen LogP contribution in [-0.2, 0) is 18.3 Å². The summed E-state index contributed by atoms with van der Waals surface area (Å²) in [5, 5.41) is 21.6. The highest BCUT2D eigenvalue weighted by molar-refractivity contribution is 6.31. The third-order valence-corrected chi connectivity index (χ3v) is 5.90. The molecule has 1 aromatic carbocycles. The van der Waals surface area contributed by atoms with Crippen molar-refractivity contribution in [3.05, 3.63) is 74.9 Å². The van der Waals surface area contributed by atoms with Crippen molar-refractivity contribution >= 4 is 28.4 Å². The van der Waals surface area contributed by atoms with Crippen molar-refractivity contribution < 1.29 is 9.13 Å². The summed E-state index contributed by atoms with van der Waals surface area (Å²) in [7, 11) is 1.74. The molecule has 0 aliphatic heterocycles. The van der Waals surface area contributed by atoms with E-state index >= 15 is 0 Å². The van der Waals surface area contributed by atoms with E-state index in [0.717, 1.165) is 12.0 Å². The first-order chi connectivity index (χ1) is 16.4. The van der Waals surface area contributed by atoms with Gasteiger partial charge in [-0.25, -0.2) is 9.49 Å². The van der Waals surface area contributed by atoms with Crippen LogP contribution in [0.15, 0.2) is 58.0 Å². The van der Waals surface area contributed by atoms with Gasteiger partial charge >= 0.3 is 0 Å². The minimum atomic E-state index is -0.309. The van der Waals surface area contributed by atoms with E-state index in [0.29, 0.717) is 33.6 Å². The molecule has 2 atom stereocenters. The fourth-order valence-electron chi connectivity index (χ4n) is 3.63. The van der Waals surface area contributed by atoms with Gasteiger partial charge in [0, 0.05) is 30.6 Å². The molecule has 0 bridgehead atoms. The van der Waals surface area contributed by atoms with Crippen LogP contribution in [-0.4, -0.2) is 26.1 Å². The number of ether oxygens (including phenoxy) is 1. The maximum Gasteiger partial charge on any atom is 0.272 e. The fraction of sp³-hybridized carbons (Fsp3) is 0.250. The van der Waals surface area contributed by atoms with Gasteiger partial charge in [0.25, 0.3) is 5.56 Å². The second kappa shape index (κ2) is 9.63. The van der Waals surface area contributed by atoms with Gasteiger partial charge in [-0.2, -0.15) is 15.5 Å². The summed E-state index contributed by atoms with van der Waals surface area (Å²) >= 11 is 5.87. The monoisotopic (exact) mass is 480 g/mol. The Labute approximate surface area is 199 Å². The normalized spacial score (nSPS) is 18.8. The van der Waals surface area contributed by atoms with E-state index in [-0.39, 0.29) is 40.9 Å². The number of hydrogen-bond donors (Lipinski definition) is 2. The van der Waals surface area contributed by atoms with E-state index in [2.05, 4.69) is 21.4 Å². The predicted molar refractivity (Wildman–Crippen MR) is 128 cm³/mol. The van der Waals surface area contributed by atoms with E-state index in [1.165, 1.54) is 6.08 Å². The molecule has 1 aliphatic rings. The third kappa shape index (κ3) is 4.64. The number of nitrogens with two attached hydrogens (primary N) is 1. The molecule has 3 aromatic rings. The number of nitrogens with one attached hydrogen (secondary N) is 1. The van der Waals surface area contributed by atoms with Crippen molar-refractivity contribution in [2.45, 2.75) is 26.0 Å². The van der Waals surface area contributed by atoms with E-state index < -0.39 is 0 Å². The summed E-state index contributed by atoms with van der Waals surface area (Å²) in [5.41, 5.74) is 8.31. The van der Waals surface area contributed by atoms with Gasteiger partial charge in [-0.3, -0.25) is 9.48 Å². The molecule has 0 unspecified atom stereocenters. The van der Waals surface area contributed by atoms with Gasteiger partial charge in [0.05, 0.1) is 33.6 Å². The Morgan fingerprint density at radius 3 is 2.88 bits per heavy atom. The zero-order valence-electron chi connectivity index (χ0n) is 18.5. The van der Waals surface area contributed by atoms with Crippen LogP contribution < -0.4 is 11.3 Å². The number of halogens is 2. The van der Waals surface area contributed by atoms with Gasteiger partial charge in [-0.15, -0.1) is 0 Å². The summed E-state index contributed by atoms with van der Waals surface area (Å²) < 4.78 is 20.5. The first-order valence-electron chi connectivity index (χ1n) is 10.6. The number of rotatable bonds is 7. The summed E-state index contributed by atoms with van der Waals surface area (Å²) in [4.78, 5) is 12.2. The van der Waals surface area contributed by atoms with Crippen LogP contribution in [0.5, 0.6) is 0 Å². The Hall–Kier alpha value is -3.74. The molecule has 0 amide bonds. The number of aryl methyl sites for hydroxylation is 1. The summed E-state index contributed by atoms with van der Waals surface area (Å²) in [6.45, 7) is 2.18. The van der Waals surface area contributed by atoms with Gasteiger partial charge in [0.1, 0.15) is 24.3 Å². The third-order valence-electron chi connectivity index (χ3n) is 5.71. The molecule has 1 aliphatic carbocycles. The Kier molecular flexibility index (Phi) is 6.63. The highest BCUT2D eigenvalue weighted by Crippen LogP contribution is 2.37.